The van der Waals surface area contributed by atoms with Crippen molar-refractivity contribution in [2.45, 2.75) is 58.2 Å². The Labute approximate surface area is 131 Å². The molecule has 0 aromatic heterocycles. The van der Waals surface area contributed by atoms with Crippen LogP contribution >= 0.6 is 0 Å². The quantitative estimate of drug-likeness (QED) is 0.361. The Morgan fingerprint density at radius 2 is 1.62 bits per heavy atom. The molecule has 2 atom stereocenters. The number of rotatable bonds is 14. The fraction of sp³-hybridized carbons (Fsp3) is 1.00. The first-order valence-corrected chi connectivity index (χ1v) is 8.43. The van der Waals surface area contributed by atoms with Crippen molar-refractivity contribution in [1.82, 2.24) is 15.5 Å². The molecule has 0 saturated carbocycles. The van der Waals surface area contributed by atoms with Gasteiger partial charge < -0.3 is 25.7 Å². The van der Waals surface area contributed by atoms with Crippen LogP contribution < -0.4 is 10.6 Å². The maximum absolute atomic E-state index is 10.3. The zero-order valence-corrected chi connectivity index (χ0v) is 14.4. The highest BCUT2D eigenvalue weighted by Gasteiger charge is 2.16. The van der Waals surface area contributed by atoms with Gasteiger partial charge in [-0.25, -0.2) is 0 Å². The molecular weight excluding hydrogens is 266 g/mol. The molecule has 0 aromatic carbocycles. The van der Waals surface area contributed by atoms with Crippen molar-refractivity contribution < 1.29 is 10.2 Å². The van der Waals surface area contributed by atoms with E-state index in [4.69, 9.17) is 5.11 Å². The molecule has 0 saturated heterocycles. The van der Waals surface area contributed by atoms with Crippen LogP contribution in [-0.2, 0) is 0 Å². The van der Waals surface area contributed by atoms with Gasteiger partial charge >= 0.3 is 0 Å². The summed E-state index contributed by atoms with van der Waals surface area (Å²) in [7, 11) is 4.12. The van der Waals surface area contributed by atoms with Crippen molar-refractivity contribution in [3.8, 4) is 0 Å². The van der Waals surface area contributed by atoms with Crippen molar-refractivity contribution in [2.24, 2.45) is 5.92 Å². The molecule has 0 aromatic rings. The van der Waals surface area contributed by atoms with E-state index in [0.717, 1.165) is 51.7 Å². The Morgan fingerprint density at radius 1 is 1.00 bits per heavy atom. The zero-order chi connectivity index (χ0) is 16.1. The van der Waals surface area contributed by atoms with Crippen molar-refractivity contribution in [1.29, 1.82) is 0 Å². The second-order valence-corrected chi connectivity index (χ2v) is 6.13. The van der Waals surface area contributed by atoms with Crippen LogP contribution in [0.1, 0.15) is 46.0 Å². The molecule has 0 heterocycles. The second-order valence-electron chi connectivity index (χ2n) is 6.13. The smallest absolute Gasteiger partial charge is 0.0572 e. The average Bonchev–Trinajstić information content (AvgIpc) is 2.42. The molecule has 0 amide bonds. The molecule has 0 aliphatic heterocycles. The van der Waals surface area contributed by atoms with Gasteiger partial charge in [0.15, 0.2) is 0 Å². The van der Waals surface area contributed by atoms with Crippen LogP contribution in [0.3, 0.4) is 0 Å². The number of nitrogens with one attached hydrogen (secondary N) is 2. The molecule has 2 unspecified atom stereocenters. The third-order valence-corrected chi connectivity index (χ3v) is 3.69. The highest BCUT2D eigenvalue weighted by atomic mass is 16.3. The van der Waals surface area contributed by atoms with Gasteiger partial charge in [-0.3, -0.25) is 0 Å². The minimum absolute atomic E-state index is 0.239. The molecule has 5 heteroatoms. The molecule has 128 valence electrons. The summed E-state index contributed by atoms with van der Waals surface area (Å²) in [4.78, 5) is 2.16. The topological polar surface area (TPSA) is 67.8 Å². The van der Waals surface area contributed by atoms with Crippen molar-refractivity contribution in [3.05, 3.63) is 0 Å². The number of aliphatic hydroxyl groups excluding tert-OH is 2. The largest absolute Gasteiger partial charge is 0.396 e. The van der Waals surface area contributed by atoms with Crippen LogP contribution in [0.25, 0.3) is 0 Å². The molecular formula is C16H37N3O2. The van der Waals surface area contributed by atoms with Gasteiger partial charge in [0.25, 0.3) is 0 Å². The lowest BCUT2D eigenvalue weighted by molar-refractivity contribution is 0.111. The predicted octanol–water partition coefficient (Wildman–Crippen LogP) is 1.01. The molecule has 0 rings (SSSR count). The molecule has 21 heavy (non-hydrogen) atoms. The molecule has 0 radical (unpaired) electrons. The number of hydrogen-bond donors (Lipinski definition) is 4. The Bertz CT molecular complexity index is 222. The van der Waals surface area contributed by atoms with Gasteiger partial charge in [-0.15, -0.1) is 0 Å². The number of nitrogens with zero attached hydrogens (tertiary/aromatic N) is 1. The summed E-state index contributed by atoms with van der Waals surface area (Å²) >= 11 is 0. The molecule has 0 aliphatic carbocycles. The lowest BCUT2D eigenvalue weighted by atomic mass is 9.93. The summed E-state index contributed by atoms with van der Waals surface area (Å²) in [6.45, 7) is 7.29. The lowest BCUT2D eigenvalue weighted by Gasteiger charge is -2.25. The van der Waals surface area contributed by atoms with Crippen molar-refractivity contribution in [3.63, 3.8) is 0 Å². The molecule has 0 fully saturated rings. The standard InChI is InChI=1S/C16H37N3O2/c1-5-17-16(18-6-2)10-9-15(21)12-14(8-7-11-20)13-19(3)4/h14-18,20-21H,5-13H2,1-4H3. The van der Waals surface area contributed by atoms with Crippen LogP contribution in [0.2, 0.25) is 0 Å². The Hall–Kier alpha value is -0.200. The average molecular weight is 303 g/mol. The summed E-state index contributed by atoms with van der Waals surface area (Å²) in [5.74, 6) is 0.457. The lowest BCUT2D eigenvalue weighted by Crippen LogP contribution is -2.42. The third-order valence-electron chi connectivity index (χ3n) is 3.69. The van der Waals surface area contributed by atoms with Gasteiger partial charge in [-0.1, -0.05) is 13.8 Å². The van der Waals surface area contributed by atoms with E-state index in [-0.39, 0.29) is 12.7 Å². The van der Waals surface area contributed by atoms with Gasteiger partial charge in [0.1, 0.15) is 0 Å². The molecule has 4 N–H and O–H groups in total. The number of aliphatic hydroxyl groups is 2. The Balaban J connectivity index is 4.11. The molecule has 0 spiro atoms. The van der Waals surface area contributed by atoms with Gasteiger partial charge in [0.05, 0.1) is 12.3 Å². The highest BCUT2D eigenvalue weighted by Crippen LogP contribution is 2.17. The van der Waals surface area contributed by atoms with E-state index in [2.05, 4.69) is 43.5 Å². The van der Waals surface area contributed by atoms with Crippen LogP contribution in [0.5, 0.6) is 0 Å². The van der Waals surface area contributed by atoms with E-state index in [1.807, 2.05) is 0 Å². The van der Waals surface area contributed by atoms with E-state index < -0.39 is 0 Å². The van der Waals surface area contributed by atoms with E-state index in [9.17, 15) is 5.11 Å². The van der Waals surface area contributed by atoms with Gasteiger partial charge in [0, 0.05) is 13.2 Å². The Kier molecular flexibility index (Phi) is 13.3. The van der Waals surface area contributed by atoms with E-state index in [0.29, 0.717) is 12.1 Å². The van der Waals surface area contributed by atoms with Crippen molar-refractivity contribution >= 4 is 0 Å². The van der Waals surface area contributed by atoms with Gasteiger partial charge in [-0.05, 0) is 65.2 Å². The summed E-state index contributed by atoms with van der Waals surface area (Å²) in [5, 5.41) is 26.1. The van der Waals surface area contributed by atoms with Crippen LogP contribution in [0.15, 0.2) is 0 Å². The zero-order valence-electron chi connectivity index (χ0n) is 14.4. The third kappa shape index (κ3) is 12.1. The summed E-state index contributed by atoms with van der Waals surface area (Å²) < 4.78 is 0. The van der Waals surface area contributed by atoms with Gasteiger partial charge in [-0.2, -0.15) is 0 Å². The minimum atomic E-state index is -0.256. The highest BCUT2D eigenvalue weighted by molar-refractivity contribution is 4.71. The Morgan fingerprint density at radius 3 is 2.10 bits per heavy atom. The first-order valence-electron chi connectivity index (χ1n) is 8.43. The van der Waals surface area contributed by atoms with E-state index in [1.165, 1.54) is 0 Å². The minimum Gasteiger partial charge on any atom is -0.396 e. The first kappa shape index (κ1) is 20.8. The van der Waals surface area contributed by atoms with Crippen LogP contribution in [-0.4, -0.2) is 67.7 Å². The summed E-state index contributed by atoms with van der Waals surface area (Å²) in [6.07, 6.45) is 4.42. The predicted molar refractivity (Wildman–Crippen MR) is 89.4 cm³/mol. The molecule has 0 aliphatic rings. The maximum Gasteiger partial charge on any atom is 0.0572 e. The fourth-order valence-corrected chi connectivity index (χ4v) is 2.81. The monoisotopic (exact) mass is 303 g/mol. The molecule has 0 bridgehead atoms. The first-order chi connectivity index (χ1) is 10.0. The SMILES string of the molecule is CCNC(CCC(O)CC(CCCO)CN(C)C)NCC. The van der Waals surface area contributed by atoms with Gasteiger partial charge in [0.2, 0.25) is 0 Å². The maximum atomic E-state index is 10.3. The summed E-state index contributed by atoms with van der Waals surface area (Å²) in [6, 6.07) is 0. The number of hydrogen-bond acceptors (Lipinski definition) is 5. The van der Waals surface area contributed by atoms with E-state index >= 15 is 0 Å². The second kappa shape index (κ2) is 13.5. The molecule has 5 nitrogen and oxygen atoms in total. The van der Waals surface area contributed by atoms with E-state index in [1.54, 1.807) is 0 Å². The normalized spacial score (nSPS) is 14.9. The van der Waals surface area contributed by atoms with Crippen LogP contribution in [0.4, 0.5) is 0 Å². The fourth-order valence-electron chi connectivity index (χ4n) is 2.81. The summed E-state index contributed by atoms with van der Waals surface area (Å²) in [5.41, 5.74) is 0. The van der Waals surface area contributed by atoms with Crippen molar-refractivity contribution in [2.75, 3.05) is 40.3 Å². The van der Waals surface area contributed by atoms with Crippen LogP contribution in [0, 0.1) is 5.92 Å².